The van der Waals surface area contributed by atoms with Gasteiger partial charge < -0.3 is 14.2 Å². The number of aromatic nitrogens is 1. The molecule has 0 aliphatic carbocycles. The first-order valence-corrected chi connectivity index (χ1v) is 15.7. The molecule has 5 rings (SSSR count). The Morgan fingerprint density at radius 3 is 2.38 bits per heavy atom. The maximum atomic E-state index is 13.8. The highest BCUT2D eigenvalue weighted by atomic mass is 32.2. The van der Waals surface area contributed by atoms with Gasteiger partial charge >= 0.3 is 0 Å². The van der Waals surface area contributed by atoms with Crippen molar-refractivity contribution >= 4 is 15.9 Å². The van der Waals surface area contributed by atoms with Crippen molar-refractivity contribution in [3.05, 3.63) is 87.7 Å². The molecule has 0 N–H and O–H groups in total. The zero-order valence-corrected chi connectivity index (χ0v) is 25.1. The van der Waals surface area contributed by atoms with Gasteiger partial charge in [-0.05, 0) is 87.4 Å². The number of aryl methyl sites for hydroxylation is 5. The number of sulfonamides is 1. The molecule has 2 unspecified atom stereocenters. The minimum atomic E-state index is -3.68. The number of hydrogen-bond donors (Lipinski definition) is 0. The average Bonchev–Trinajstić information content (AvgIpc) is 3.38. The Hall–Kier alpha value is -2.94. The molecule has 0 radical (unpaired) electrons. The van der Waals surface area contributed by atoms with Gasteiger partial charge in [0.15, 0.2) is 0 Å². The molecule has 8 heteroatoms. The van der Waals surface area contributed by atoms with Crippen LogP contribution in [0.15, 0.2) is 53.6 Å². The third-order valence-corrected chi connectivity index (χ3v) is 10.7. The number of hydrogen-bond acceptors (Lipinski definition) is 4. The number of amides is 1. The van der Waals surface area contributed by atoms with E-state index in [0.29, 0.717) is 18.0 Å². The van der Waals surface area contributed by atoms with E-state index in [4.69, 9.17) is 4.74 Å². The topological polar surface area (TPSA) is 71.8 Å². The second-order valence-corrected chi connectivity index (χ2v) is 13.3. The van der Waals surface area contributed by atoms with Gasteiger partial charge in [0, 0.05) is 37.6 Å². The van der Waals surface area contributed by atoms with Crippen LogP contribution in [0, 0.1) is 34.6 Å². The fraction of sp³-hybridized carbons (Fsp3) is 0.469. The van der Waals surface area contributed by atoms with E-state index < -0.39 is 10.0 Å². The van der Waals surface area contributed by atoms with Crippen LogP contribution in [-0.4, -0.2) is 60.4 Å². The molecule has 0 spiro atoms. The van der Waals surface area contributed by atoms with Gasteiger partial charge in [-0.15, -0.1) is 0 Å². The van der Waals surface area contributed by atoms with E-state index in [9.17, 15) is 13.2 Å². The molecule has 2 atom stereocenters. The van der Waals surface area contributed by atoms with Crippen LogP contribution in [0.1, 0.15) is 64.4 Å². The third-order valence-electron chi connectivity index (χ3n) is 8.49. The molecule has 3 aromatic rings. The lowest BCUT2D eigenvalue weighted by molar-refractivity contribution is -0.139. The van der Waals surface area contributed by atoms with Gasteiger partial charge in [0.1, 0.15) is 6.61 Å². The zero-order valence-electron chi connectivity index (χ0n) is 24.3. The highest BCUT2D eigenvalue weighted by Crippen LogP contribution is 2.34. The second-order valence-electron chi connectivity index (χ2n) is 11.5. The zero-order chi connectivity index (χ0) is 28.6. The Morgan fingerprint density at radius 1 is 0.900 bits per heavy atom. The van der Waals surface area contributed by atoms with Crippen LogP contribution in [0.5, 0.6) is 0 Å². The molecule has 1 fully saturated rings. The predicted octanol–water partition coefficient (Wildman–Crippen LogP) is 5.22. The SMILES string of the molecule is Cc1cc(C)c(S(=O)(=O)N2CCCCC2COCC(=O)N2CCn3cccc3C2c2ccc(C)c(C)c2)c(C)c1. The second kappa shape index (κ2) is 11.5. The van der Waals surface area contributed by atoms with E-state index in [1.807, 2.05) is 43.9 Å². The Kier molecular flexibility index (Phi) is 8.22. The van der Waals surface area contributed by atoms with Crippen molar-refractivity contribution in [1.29, 1.82) is 0 Å². The number of nitrogens with zero attached hydrogens (tertiary/aromatic N) is 3. The Labute approximate surface area is 238 Å². The summed E-state index contributed by atoms with van der Waals surface area (Å²) < 4.78 is 37.5. The first kappa shape index (κ1) is 28.6. The molecule has 2 aliphatic rings. The van der Waals surface area contributed by atoms with E-state index in [0.717, 1.165) is 53.8 Å². The number of carbonyl (C=O) groups excluding carboxylic acids is 1. The first-order valence-electron chi connectivity index (χ1n) is 14.3. The van der Waals surface area contributed by atoms with Crippen LogP contribution in [0.3, 0.4) is 0 Å². The van der Waals surface area contributed by atoms with Crippen molar-refractivity contribution in [2.24, 2.45) is 0 Å². The van der Waals surface area contributed by atoms with E-state index >= 15 is 0 Å². The smallest absolute Gasteiger partial charge is 0.249 e. The maximum Gasteiger partial charge on any atom is 0.249 e. The Balaban J connectivity index is 1.31. The van der Waals surface area contributed by atoms with Crippen LogP contribution in [0.2, 0.25) is 0 Å². The fourth-order valence-electron chi connectivity index (χ4n) is 6.45. The number of benzene rings is 2. The minimum absolute atomic E-state index is 0.0744. The molecule has 1 saturated heterocycles. The molecular formula is C32H41N3O4S. The van der Waals surface area contributed by atoms with Gasteiger partial charge in [-0.25, -0.2) is 8.42 Å². The molecule has 1 amide bonds. The van der Waals surface area contributed by atoms with Crippen molar-refractivity contribution in [3.63, 3.8) is 0 Å². The number of carbonyl (C=O) groups is 1. The molecule has 3 heterocycles. The molecule has 7 nitrogen and oxygen atoms in total. The summed E-state index contributed by atoms with van der Waals surface area (Å²) in [4.78, 5) is 15.9. The Morgan fingerprint density at radius 2 is 1.65 bits per heavy atom. The van der Waals surface area contributed by atoms with Gasteiger partial charge in [-0.2, -0.15) is 4.31 Å². The van der Waals surface area contributed by atoms with Crippen molar-refractivity contribution in [1.82, 2.24) is 13.8 Å². The third kappa shape index (κ3) is 5.49. The summed E-state index contributed by atoms with van der Waals surface area (Å²) in [6, 6.07) is 13.9. The molecule has 2 aromatic carbocycles. The lowest BCUT2D eigenvalue weighted by Crippen LogP contribution is -2.47. The number of piperidine rings is 1. The first-order chi connectivity index (χ1) is 19.1. The lowest BCUT2D eigenvalue weighted by Gasteiger charge is -2.38. The predicted molar refractivity (Wildman–Crippen MR) is 157 cm³/mol. The van der Waals surface area contributed by atoms with Crippen LogP contribution < -0.4 is 0 Å². The minimum Gasteiger partial charge on any atom is -0.370 e. The quantitative estimate of drug-likeness (QED) is 0.395. The summed E-state index contributed by atoms with van der Waals surface area (Å²) in [6.45, 7) is 11.8. The van der Waals surface area contributed by atoms with Crippen molar-refractivity contribution < 1.29 is 17.9 Å². The Bertz CT molecular complexity index is 1490. The molecule has 1 aromatic heterocycles. The van der Waals surface area contributed by atoms with Gasteiger partial charge in [0.05, 0.1) is 17.5 Å². The van der Waals surface area contributed by atoms with Gasteiger partial charge in [0.25, 0.3) is 0 Å². The van der Waals surface area contributed by atoms with Crippen LogP contribution in [0.4, 0.5) is 0 Å². The average molecular weight is 564 g/mol. The number of fused-ring (bicyclic) bond motifs is 1. The highest BCUT2D eigenvalue weighted by molar-refractivity contribution is 7.89. The monoisotopic (exact) mass is 563 g/mol. The standard InChI is InChI=1S/C32H41N3O4S/c1-22-17-25(4)32(26(5)18-22)40(37,38)35-14-7-6-9-28(35)20-39-21-30(36)34-16-15-33-13-8-10-29(33)31(34)27-12-11-23(2)24(3)19-27/h8,10-13,17-19,28,31H,6-7,9,14-16,20-21H2,1-5H3. The highest BCUT2D eigenvalue weighted by Gasteiger charge is 2.36. The molecule has 40 heavy (non-hydrogen) atoms. The molecule has 214 valence electrons. The van der Waals surface area contributed by atoms with E-state index in [-0.39, 0.29) is 31.2 Å². The summed E-state index contributed by atoms with van der Waals surface area (Å²) in [6.07, 6.45) is 4.55. The van der Waals surface area contributed by atoms with E-state index in [2.05, 4.69) is 48.9 Å². The largest absolute Gasteiger partial charge is 0.370 e. The lowest BCUT2D eigenvalue weighted by atomic mass is 9.96. The van der Waals surface area contributed by atoms with E-state index in [1.54, 1.807) is 4.31 Å². The summed E-state index contributed by atoms with van der Waals surface area (Å²) in [7, 11) is -3.68. The van der Waals surface area contributed by atoms with Gasteiger partial charge in [0.2, 0.25) is 15.9 Å². The summed E-state index contributed by atoms with van der Waals surface area (Å²) in [5, 5.41) is 0. The van der Waals surface area contributed by atoms with Crippen LogP contribution >= 0.6 is 0 Å². The van der Waals surface area contributed by atoms with E-state index in [1.165, 1.54) is 11.1 Å². The van der Waals surface area contributed by atoms with Crippen molar-refractivity contribution in [2.75, 3.05) is 26.3 Å². The number of rotatable bonds is 7. The number of ether oxygens (including phenoxy) is 1. The molecular weight excluding hydrogens is 522 g/mol. The summed E-state index contributed by atoms with van der Waals surface area (Å²) in [5.41, 5.74) is 7.19. The molecule has 0 bridgehead atoms. The molecule has 0 saturated carbocycles. The fourth-order valence-corrected chi connectivity index (χ4v) is 8.55. The molecule has 2 aliphatic heterocycles. The van der Waals surface area contributed by atoms with Crippen LogP contribution in [0.25, 0.3) is 0 Å². The maximum absolute atomic E-state index is 13.8. The van der Waals surface area contributed by atoms with Crippen molar-refractivity contribution in [3.8, 4) is 0 Å². The van der Waals surface area contributed by atoms with Crippen molar-refractivity contribution in [2.45, 2.75) is 77.4 Å². The summed E-state index contributed by atoms with van der Waals surface area (Å²) in [5.74, 6) is -0.0777. The van der Waals surface area contributed by atoms with Gasteiger partial charge in [-0.3, -0.25) is 4.79 Å². The summed E-state index contributed by atoms with van der Waals surface area (Å²) >= 11 is 0. The van der Waals surface area contributed by atoms with Crippen LogP contribution in [-0.2, 0) is 26.1 Å². The van der Waals surface area contributed by atoms with Gasteiger partial charge in [-0.1, -0.05) is 42.3 Å². The normalized spacial score (nSPS) is 20.0.